The van der Waals surface area contributed by atoms with Crippen LogP contribution in [0.4, 0.5) is 0 Å². The van der Waals surface area contributed by atoms with E-state index >= 15 is 0 Å². The lowest BCUT2D eigenvalue weighted by Gasteiger charge is -2.32. The molecule has 0 radical (unpaired) electrons. The molecule has 0 bridgehead atoms. The zero-order chi connectivity index (χ0) is 11.6. The number of carboxylic acid groups (broad SMARTS) is 1. The van der Waals surface area contributed by atoms with Gasteiger partial charge in [0.05, 0.1) is 5.92 Å². The van der Waals surface area contributed by atoms with Crippen molar-refractivity contribution in [2.24, 2.45) is 5.92 Å². The summed E-state index contributed by atoms with van der Waals surface area (Å²) in [6.45, 7) is 3.39. The summed E-state index contributed by atoms with van der Waals surface area (Å²) in [5, 5.41) is 12.5. The van der Waals surface area contributed by atoms with Crippen molar-refractivity contribution in [2.75, 3.05) is 13.1 Å². The number of carboxylic acids is 1. The number of hydrogen-bond acceptors (Lipinski definition) is 2. The molecule has 86 valence electrons. The zero-order valence-electron chi connectivity index (χ0n) is 9.44. The lowest BCUT2D eigenvalue weighted by molar-refractivity contribution is -0.143. The normalized spacial score (nSPS) is 29.2. The van der Waals surface area contributed by atoms with Crippen LogP contribution in [0, 0.1) is 5.92 Å². The minimum atomic E-state index is -0.698. The van der Waals surface area contributed by atoms with Crippen LogP contribution in [0.15, 0.2) is 30.3 Å². The number of hydrogen-bond donors (Lipinski definition) is 2. The summed E-state index contributed by atoms with van der Waals surface area (Å²) in [6, 6.07) is 9.98. The molecule has 0 saturated carbocycles. The lowest BCUT2D eigenvalue weighted by atomic mass is 9.70. The number of carbonyl (C=O) groups is 1. The molecule has 2 atom stereocenters. The van der Waals surface area contributed by atoms with Gasteiger partial charge >= 0.3 is 5.97 Å². The molecule has 2 rings (SSSR count). The Balaban J connectivity index is 2.43. The van der Waals surface area contributed by atoms with Crippen molar-refractivity contribution in [3.05, 3.63) is 35.9 Å². The number of rotatable bonds is 3. The molecule has 0 aliphatic carbocycles. The molecule has 1 fully saturated rings. The maximum Gasteiger partial charge on any atom is 0.308 e. The van der Waals surface area contributed by atoms with Crippen LogP contribution in [0.3, 0.4) is 0 Å². The van der Waals surface area contributed by atoms with Gasteiger partial charge in [0.15, 0.2) is 0 Å². The SMILES string of the molecule is CCC1(c2ccccc2)CNCC1C(=O)O. The van der Waals surface area contributed by atoms with Gasteiger partial charge in [-0.15, -0.1) is 0 Å². The second-order valence-electron chi connectivity index (χ2n) is 4.40. The summed E-state index contributed by atoms with van der Waals surface area (Å²) < 4.78 is 0. The molecule has 2 N–H and O–H groups in total. The van der Waals surface area contributed by atoms with E-state index in [0.29, 0.717) is 6.54 Å². The minimum absolute atomic E-state index is 0.243. The topological polar surface area (TPSA) is 49.3 Å². The third-order valence-electron chi connectivity index (χ3n) is 3.73. The Bertz CT molecular complexity index is 377. The fraction of sp³-hybridized carbons (Fsp3) is 0.462. The van der Waals surface area contributed by atoms with Crippen LogP contribution in [0.1, 0.15) is 18.9 Å². The largest absolute Gasteiger partial charge is 0.481 e. The average Bonchev–Trinajstić information content (AvgIpc) is 2.75. The predicted octanol–water partition coefficient (Wildman–Crippen LogP) is 1.64. The molecule has 1 heterocycles. The smallest absolute Gasteiger partial charge is 0.308 e. The highest BCUT2D eigenvalue weighted by Gasteiger charge is 2.46. The van der Waals surface area contributed by atoms with Crippen molar-refractivity contribution in [1.29, 1.82) is 0 Å². The Morgan fingerprint density at radius 2 is 2.19 bits per heavy atom. The van der Waals surface area contributed by atoms with E-state index in [-0.39, 0.29) is 11.3 Å². The molecule has 0 spiro atoms. The van der Waals surface area contributed by atoms with Gasteiger partial charge in [-0.2, -0.15) is 0 Å². The standard InChI is InChI=1S/C13H17NO2/c1-2-13(10-6-4-3-5-7-10)9-14-8-11(13)12(15)16/h3-7,11,14H,2,8-9H2,1H3,(H,15,16). The Kier molecular flexibility index (Phi) is 2.97. The van der Waals surface area contributed by atoms with Gasteiger partial charge in [-0.25, -0.2) is 0 Å². The first-order chi connectivity index (χ1) is 7.70. The van der Waals surface area contributed by atoms with Gasteiger partial charge in [-0.3, -0.25) is 4.79 Å². The highest BCUT2D eigenvalue weighted by atomic mass is 16.4. The van der Waals surface area contributed by atoms with E-state index in [2.05, 4.69) is 12.2 Å². The molecule has 1 aromatic carbocycles. The molecule has 0 amide bonds. The molecule has 1 saturated heterocycles. The summed E-state index contributed by atoms with van der Waals surface area (Å²) in [6.07, 6.45) is 0.848. The molecule has 0 aromatic heterocycles. The first kappa shape index (κ1) is 11.1. The predicted molar refractivity (Wildman–Crippen MR) is 62.4 cm³/mol. The fourth-order valence-electron chi connectivity index (χ4n) is 2.73. The van der Waals surface area contributed by atoms with Crippen LogP contribution < -0.4 is 5.32 Å². The Hall–Kier alpha value is -1.35. The van der Waals surface area contributed by atoms with E-state index < -0.39 is 5.97 Å². The van der Waals surface area contributed by atoms with E-state index in [1.807, 2.05) is 30.3 Å². The fourth-order valence-corrected chi connectivity index (χ4v) is 2.73. The van der Waals surface area contributed by atoms with E-state index in [0.717, 1.165) is 18.5 Å². The molecule has 2 unspecified atom stereocenters. The van der Waals surface area contributed by atoms with Crippen molar-refractivity contribution in [2.45, 2.75) is 18.8 Å². The highest BCUT2D eigenvalue weighted by molar-refractivity contribution is 5.73. The van der Waals surface area contributed by atoms with Crippen molar-refractivity contribution >= 4 is 5.97 Å². The number of benzene rings is 1. The van der Waals surface area contributed by atoms with Gasteiger partial charge in [0, 0.05) is 18.5 Å². The number of nitrogens with one attached hydrogen (secondary N) is 1. The molecule has 16 heavy (non-hydrogen) atoms. The van der Waals surface area contributed by atoms with Crippen molar-refractivity contribution in [3.8, 4) is 0 Å². The van der Waals surface area contributed by atoms with Gasteiger partial charge in [-0.1, -0.05) is 37.3 Å². The highest BCUT2D eigenvalue weighted by Crippen LogP contribution is 2.38. The quantitative estimate of drug-likeness (QED) is 0.812. The first-order valence-electron chi connectivity index (χ1n) is 5.70. The third-order valence-corrected chi connectivity index (χ3v) is 3.73. The van der Waals surface area contributed by atoms with Gasteiger partial charge < -0.3 is 10.4 Å². The van der Waals surface area contributed by atoms with Gasteiger partial charge in [0.25, 0.3) is 0 Å². The monoisotopic (exact) mass is 219 g/mol. The minimum Gasteiger partial charge on any atom is -0.481 e. The Morgan fingerprint density at radius 1 is 1.50 bits per heavy atom. The third kappa shape index (κ3) is 1.61. The lowest BCUT2D eigenvalue weighted by Crippen LogP contribution is -2.38. The molecule has 1 aromatic rings. The maximum absolute atomic E-state index is 11.3. The average molecular weight is 219 g/mol. The maximum atomic E-state index is 11.3. The van der Waals surface area contributed by atoms with E-state index in [4.69, 9.17) is 0 Å². The second kappa shape index (κ2) is 4.26. The molecular weight excluding hydrogens is 202 g/mol. The molecular formula is C13H17NO2. The first-order valence-corrected chi connectivity index (χ1v) is 5.70. The van der Waals surface area contributed by atoms with Gasteiger partial charge in [0.1, 0.15) is 0 Å². The number of aliphatic carboxylic acids is 1. The molecule has 3 nitrogen and oxygen atoms in total. The van der Waals surface area contributed by atoms with Crippen molar-refractivity contribution < 1.29 is 9.90 Å². The van der Waals surface area contributed by atoms with Crippen LogP contribution >= 0.6 is 0 Å². The van der Waals surface area contributed by atoms with E-state index in [1.165, 1.54) is 0 Å². The van der Waals surface area contributed by atoms with Crippen molar-refractivity contribution in [1.82, 2.24) is 5.32 Å². The van der Waals surface area contributed by atoms with Gasteiger partial charge in [0.2, 0.25) is 0 Å². The molecule has 3 heteroatoms. The molecule has 1 aliphatic rings. The zero-order valence-corrected chi connectivity index (χ0v) is 9.44. The van der Waals surface area contributed by atoms with Crippen LogP contribution in [-0.4, -0.2) is 24.2 Å². The van der Waals surface area contributed by atoms with E-state index in [1.54, 1.807) is 0 Å². The summed E-state index contributed by atoms with van der Waals surface area (Å²) >= 11 is 0. The van der Waals surface area contributed by atoms with Crippen LogP contribution in [0.2, 0.25) is 0 Å². The summed E-state index contributed by atoms with van der Waals surface area (Å²) in [5.41, 5.74) is 0.891. The second-order valence-corrected chi connectivity index (χ2v) is 4.40. The van der Waals surface area contributed by atoms with Crippen LogP contribution in [0.5, 0.6) is 0 Å². The summed E-state index contributed by atoms with van der Waals surface area (Å²) in [7, 11) is 0. The van der Waals surface area contributed by atoms with Gasteiger partial charge in [-0.05, 0) is 12.0 Å². The van der Waals surface area contributed by atoms with Crippen LogP contribution in [0.25, 0.3) is 0 Å². The van der Waals surface area contributed by atoms with E-state index in [9.17, 15) is 9.90 Å². The van der Waals surface area contributed by atoms with Crippen molar-refractivity contribution in [3.63, 3.8) is 0 Å². The summed E-state index contributed by atoms with van der Waals surface area (Å²) in [5.74, 6) is -1.02. The molecule has 1 aliphatic heterocycles. The Labute approximate surface area is 95.5 Å². The van der Waals surface area contributed by atoms with Crippen LogP contribution in [-0.2, 0) is 10.2 Å². The summed E-state index contributed by atoms with van der Waals surface area (Å²) in [4.78, 5) is 11.3. The Morgan fingerprint density at radius 3 is 2.75 bits per heavy atom.